The van der Waals surface area contributed by atoms with Crippen LogP contribution in [-0.2, 0) is 31.8 Å². The zero-order valence-electron chi connectivity index (χ0n) is 32.5. The molecule has 0 radical (unpaired) electrons. The number of hydrogen-bond acceptors (Lipinski definition) is 9. The summed E-state index contributed by atoms with van der Waals surface area (Å²) in [5, 5.41) is 17.6. The Morgan fingerprint density at radius 3 is 2.48 bits per heavy atom. The second kappa shape index (κ2) is 16.9. The first-order valence-electron chi connectivity index (χ1n) is 19.0. The van der Waals surface area contributed by atoms with Crippen LogP contribution in [0.3, 0.4) is 0 Å². The molecule has 12 nitrogen and oxygen atoms in total. The molecule has 2 saturated heterocycles. The van der Waals surface area contributed by atoms with Crippen molar-refractivity contribution in [3.63, 3.8) is 0 Å². The number of thiocarbonyl (C=S) groups is 1. The van der Waals surface area contributed by atoms with Gasteiger partial charge in [0.15, 0.2) is 5.11 Å². The first kappa shape index (κ1) is 41.7. The van der Waals surface area contributed by atoms with E-state index in [4.69, 9.17) is 17.0 Å². The van der Waals surface area contributed by atoms with E-state index >= 15 is 0 Å². The van der Waals surface area contributed by atoms with Gasteiger partial charge in [0.2, 0.25) is 17.7 Å². The Kier molecular flexibility index (Phi) is 12.1. The molecule has 4 amide bonds. The van der Waals surface area contributed by atoms with E-state index in [1.165, 1.54) is 6.07 Å². The Morgan fingerprint density at radius 1 is 1.05 bits per heavy atom. The molecule has 16 heteroatoms. The van der Waals surface area contributed by atoms with Gasteiger partial charge in [-0.25, -0.2) is 0 Å². The number of nitrogens with zero attached hydrogens (tertiary/aromatic N) is 4. The topological polar surface area (TPSA) is 147 Å². The number of amides is 4. The van der Waals surface area contributed by atoms with E-state index in [2.05, 4.69) is 22.0 Å². The molecule has 0 bridgehead atoms. The van der Waals surface area contributed by atoms with Gasteiger partial charge < -0.3 is 25.2 Å². The number of alkyl halides is 3. The standard InChI is InChI=1S/C42H44F3N7O5S/c1-5-27-20-32(52-40(58)51(39(56)41(52,3)4)31-10-9-28(23-46)33(22-31)42(43,44)45)11-13-35(27)57-18-16-26-15-17-50(25(2)19-26)24-37(54)48-30-8-6-7-29(21-30)47-34-12-14-36(53)49-38(34)55/h6-11,13,19-22,26,34,47H,5,12,14-18,24H2,1-4H3,(H,48,54)(H,49,53,55)/t26-,34?/m1/s1. The molecule has 3 aromatic rings. The SMILES string of the molecule is CCc1cc(N2C(=S)N(c3ccc(C#N)c(C(F)(F)F)c3)C(=O)C2(C)C)ccc1OCC[C@@H]1C=C(C)N(CC(=O)Nc2cccc(NC3CCC(=O)NC3=O)c2)CC1. The van der Waals surface area contributed by atoms with Crippen LogP contribution in [0.4, 0.5) is 35.9 Å². The van der Waals surface area contributed by atoms with Crippen molar-refractivity contribution in [1.29, 1.82) is 5.26 Å². The molecule has 2 fully saturated rings. The number of ether oxygens (including phenoxy) is 1. The monoisotopic (exact) mass is 815 g/mol. The van der Waals surface area contributed by atoms with Gasteiger partial charge in [0, 0.05) is 35.7 Å². The number of halogens is 3. The Balaban J connectivity index is 1.04. The van der Waals surface area contributed by atoms with Gasteiger partial charge in [0.25, 0.3) is 5.91 Å². The van der Waals surface area contributed by atoms with Gasteiger partial charge >= 0.3 is 6.18 Å². The van der Waals surface area contributed by atoms with E-state index in [-0.39, 0.29) is 47.4 Å². The lowest BCUT2D eigenvalue weighted by Crippen LogP contribution is -2.47. The fourth-order valence-corrected chi connectivity index (χ4v) is 7.98. The molecule has 6 rings (SSSR count). The maximum atomic E-state index is 13.8. The van der Waals surface area contributed by atoms with Crippen LogP contribution in [-0.4, -0.2) is 64.9 Å². The van der Waals surface area contributed by atoms with Crippen LogP contribution < -0.4 is 30.5 Å². The van der Waals surface area contributed by atoms with Gasteiger partial charge in [-0.05, 0) is 125 Å². The summed E-state index contributed by atoms with van der Waals surface area (Å²) in [6.45, 7) is 8.56. The highest BCUT2D eigenvalue weighted by atomic mass is 32.1. The lowest BCUT2D eigenvalue weighted by Gasteiger charge is -2.32. The number of imide groups is 1. The van der Waals surface area contributed by atoms with Crippen molar-refractivity contribution < 1.29 is 37.1 Å². The van der Waals surface area contributed by atoms with Crippen molar-refractivity contribution in [2.75, 3.05) is 40.1 Å². The Morgan fingerprint density at radius 2 is 1.79 bits per heavy atom. The van der Waals surface area contributed by atoms with Crippen molar-refractivity contribution in [3.05, 3.63) is 89.1 Å². The summed E-state index contributed by atoms with van der Waals surface area (Å²) in [5.41, 5.74) is 0.699. The summed E-state index contributed by atoms with van der Waals surface area (Å²) < 4.78 is 47.6. The van der Waals surface area contributed by atoms with Gasteiger partial charge in [-0.1, -0.05) is 19.1 Å². The number of nitriles is 1. The Hall–Kier alpha value is -5.95. The molecule has 3 aliphatic rings. The molecule has 0 spiro atoms. The molecule has 3 heterocycles. The smallest absolute Gasteiger partial charge is 0.417 e. The second-order valence-electron chi connectivity index (χ2n) is 15.0. The third-order valence-electron chi connectivity index (χ3n) is 10.6. The minimum absolute atomic E-state index is 0.0167. The van der Waals surface area contributed by atoms with Gasteiger partial charge in [0.1, 0.15) is 17.3 Å². The lowest BCUT2D eigenvalue weighted by atomic mass is 9.96. The van der Waals surface area contributed by atoms with Gasteiger partial charge in [-0.2, -0.15) is 18.4 Å². The lowest BCUT2D eigenvalue weighted by molar-refractivity contribution is -0.138. The van der Waals surface area contributed by atoms with E-state index < -0.39 is 34.8 Å². The number of aryl methyl sites for hydroxylation is 1. The van der Waals surface area contributed by atoms with Gasteiger partial charge in [-0.15, -0.1) is 0 Å². The highest BCUT2D eigenvalue weighted by Crippen LogP contribution is 2.41. The molecule has 3 N–H and O–H groups in total. The van der Waals surface area contributed by atoms with Gasteiger partial charge in [0.05, 0.1) is 36.0 Å². The molecule has 58 heavy (non-hydrogen) atoms. The van der Waals surface area contributed by atoms with Crippen LogP contribution in [0.25, 0.3) is 0 Å². The number of carbonyl (C=O) groups is 4. The zero-order valence-corrected chi connectivity index (χ0v) is 33.4. The minimum Gasteiger partial charge on any atom is -0.493 e. The Bertz CT molecular complexity index is 2220. The number of allylic oxidation sites excluding steroid dienone is 2. The van der Waals surface area contributed by atoms with Crippen molar-refractivity contribution in [1.82, 2.24) is 10.2 Å². The summed E-state index contributed by atoms with van der Waals surface area (Å²) >= 11 is 5.71. The van der Waals surface area contributed by atoms with Crippen LogP contribution in [0, 0.1) is 17.2 Å². The van der Waals surface area contributed by atoms with Crippen LogP contribution in [0.2, 0.25) is 0 Å². The normalized spacial score (nSPS) is 19.4. The molecule has 3 aromatic carbocycles. The predicted octanol–water partition coefficient (Wildman–Crippen LogP) is 6.91. The van der Waals surface area contributed by atoms with Crippen LogP contribution in [0.1, 0.15) is 70.1 Å². The fourth-order valence-electron chi connectivity index (χ4n) is 7.45. The van der Waals surface area contributed by atoms with Crippen molar-refractivity contribution in [2.45, 2.75) is 77.6 Å². The average Bonchev–Trinajstić information content (AvgIpc) is 3.35. The first-order chi connectivity index (χ1) is 27.5. The van der Waals surface area contributed by atoms with E-state index in [1.54, 1.807) is 55.1 Å². The number of benzene rings is 3. The van der Waals surface area contributed by atoms with Crippen LogP contribution >= 0.6 is 12.2 Å². The van der Waals surface area contributed by atoms with Crippen molar-refractivity contribution in [2.24, 2.45) is 5.92 Å². The molecule has 304 valence electrons. The molecule has 0 aromatic heterocycles. The number of anilines is 4. The summed E-state index contributed by atoms with van der Waals surface area (Å²) in [6, 6.07) is 16.7. The molecule has 0 aliphatic carbocycles. The van der Waals surface area contributed by atoms with E-state index in [1.807, 2.05) is 30.9 Å². The predicted molar refractivity (Wildman–Crippen MR) is 217 cm³/mol. The number of carbonyl (C=O) groups excluding carboxylic acids is 4. The van der Waals surface area contributed by atoms with Crippen LogP contribution in [0.15, 0.2) is 72.4 Å². The summed E-state index contributed by atoms with van der Waals surface area (Å²) in [7, 11) is 0. The fraction of sp³-hybridized carbons (Fsp3) is 0.381. The maximum Gasteiger partial charge on any atom is 0.417 e. The average molecular weight is 816 g/mol. The Labute approximate surface area is 340 Å². The molecule has 2 atom stereocenters. The summed E-state index contributed by atoms with van der Waals surface area (Å²) in [5.74, 6) is -0.432. The number of nitrogens with one attached hydrogen (secondary N) is 3. The molecule has 0 saturated carbocycles. The number of piperidine rings is 1. The quantitative estimate of drug-likeness (QED) is 0.130. The molecular weight excluding hydrogens is 772 g/mol. The summed E-state index contributed by atoms with van der Waals surface area (Å²) in [6.07, 6.45) is 0.185. The largest absolute Gasteiger partial charge is 0.493 e. The number of hydrogen-bond donors (Lipinski definition) is 3. The third kappa shape index (κ3) is 8.94. The third-order valence-corrected chi connectivity index (χ3v) is 11.0. The highest BCUT2D eigenvalue weighted by molar-refractivity contribution is 7.81. The van der Waals surface area contributed by atoms with Crippen molar-refractivity contribution in [3.8, 4) is 11.8 Å². The second-order valence-corrected chi connectivity index (χ2v) is 15.4. The highest BCUT2D eigenvalue weighted by Gasteiger charge is 2.51. The zero-order chi connectivity index (χ0) is 41.9. The van der Waals surface area contributed by atoms with Crippen LogP contribution in [0.5, 0.6) is 5.75 Å². The summed E-state index contributed by atoms with van der Waals surface area (Å²) in [4.78, 5) is 55.0. The molecule has 3 aliphatic heterocycles. The van der Waals surface area contributed by atoms with E-state index in [0.29, 0.717) is 48.8 Å². The molecule has 1 unspecified atom stereocenters. The van der Waals surface area contributed by atoms with E-state index in [0.717, 1.165) is 41.1 Å². The number of rotatable bonds is 12. The van der Waals surface area contributed by atoms with Crippen molar-refractivity contribution >= 4 is 63.7 Å². The first-order valence-corrected chi connectivity index (χ1v) is 19.4. The maximum absolute atomic E-state index is 13.8. The van der Waals surface area contributed by atoms with Gasteiger partial charge in [-0.3, -0.25) is 29.4 Å². The minimum atomic E-state index is -4.80. The van der Waals surface area contributed by atoms with E-state index in [9.17, 15) is 37.6 Å². The molecular formula is C42H44F3N7O5S.